The molecule has 130 valence electrons. The molecular weight excluding hydrogens is 324 g/mol. The number of aliphatic imine (C=N–C) groups is 2. The minimum absolute atomic E-state index is 0.0176. The van der Waals surface area contributed by atoms with Crippen molar-refractivity contribution in [3.8, 4) is 11.5 Å². The molecule has 0 atom stereocenters. The van der Waals surface area contributed by atoms with Crippen LogP contribution < -0.4 is 0 Å². The molecule has 0 aromatic heterocycles. The molecule has 3 rings (SSSR count). The minimum atomic E-state index is -0.0176. The van der Waals surface area contributed by atoms with Crippen molar-refractivity contribution >= 4 is 22.8 Å². The zero-order chi connectivity index (χ0) is 18.5. The van der Waals surface area contributed by atoms with Crippen LogP contribution in [-0.4, -0.2) is 21.6 Å². The zero-order valence-electron chi connectivity index (χ0n) is 14.7. The molecule has 26 heavy (non-hydrogen) atoms. The van der Waals surface area contributed by atoms with Crippen molar-refractivity contribution in [2.75, 3.05) is 0 Å². The smallest absolute Gasteiger partial charge is 0.128 e. The summed E-state index contributed by atoms with van der Waals surface area (Å²) in [5.74, 6) is -0.0353. The lowest BCUT2D eigenvalue weighted by molar-refractivity contribution is 0.449. The molecule has 0 amide bonds. The second-order valence-corrected chi connectivity index (χ2v) is 5.95. The Hall–Kier alpha value is -3.40. The van der Waals surface area contributed by atoms with Gasteiger partial charge in [0.15, 0.2) is 0 Å². The van der Waals surface area contributed by atoms with E-state index in [0.717, 1.165) is 11.4 Å². The van der Waals surface area contributed by atoms with Crippen molar-refractivity contribution in [1.29, 1.82) is 0 Å². The molecule has 4 nitrogen and oxygen atoms in total. The molecule has 3 aromatic rings. The van der Waals surface area contributed by atoms with Gasteiger partial charge >= 0.3 is 0 Å². The van der Waals surface area contributed by atoms with Crippen LogP contribution in [0.1, 0.15) is 25.0 Å². The fourth-order valence-electron chi connectivity index (χ4n) is 2.67. The van der Waals surface area contributed by atoms with Gasteiger partial charge in [0, 0.05) is 28.6 Å². The van der Waals surface area contributed by atoms with Crippen LogP contribution in [0.15, 0.2) is 82.8 Å². The maximum Gasteiger partial charge on any atom is 0.128 e. The lowest BCUT2D eigenvalue weighted by atomic mass is 10.0. The number of benzene rings is 3. The second kappa shape index (κ2) is 7.66. The third-order valence-corrected chi connectivity index (χ3v) is 4.00. The highest BCUT2D eigenvalue weighted by Gasteiger charge is 2.13. The van der Waals surface area contributed by atoms with Gasteiger partial charge in [-0.15, -0.1) is 0 Å². The summed E-state index contributed by atoms with van der Waals surface area (Å²) in [6, 6.07) is 22.1. The molecular formula is C22H20N2O2. The van der Waals surface area contributed by atoms with Crippen LogP contribution in [0.5, 0.6) is 11.5 Å². The summed E-state index contributed by atoms with van der Waals surface area (Å²) < 4.78 is 0. The first-order chi connectivity index (χ1) is 12.5. The summed E-state index contributed by atoms with van der Waals surface area (Å²) in [5.41, 5.74) is 4.03. The monoisotopic (exact) mass is 344 g/mol. The highest BCUT2D eigenvalue weighted by atomic mass is 16.3. The van der Waals surface area contributed by atoms with Gasteiger partial charge in [0.25, 0.3) is 0 Å². The summed E-state index contributed by atoms with van der Waals surface area (Å²) >= 11 is 0. The Labute approximate surface area is 152 Å². The van der Waals surface area contributed by atoms with Gasteiger partial charge in [-0.2, -0.15) is 0 Å². The molecule has 0 bridgehead atoms. The Morgan fingerprint density at radius 2 is 1.00 bits per heavy atom. The molecule has 0 aliphatic heterocycles. The van der Waals surface area contributed by atoms with Crippen molar-refractivity contribution in [1.82, 2.24) is 0 Å². The molecule has 2 N–H and O–H groups in total. The highest BCUT2D eigenvalue weighted by Crippen LogP contribution is 2.30. The number of phenolic OH excluding ortho intramolecular Hbond substituents is 2. The number of para-hydroxylation sites is 2. The molecule has 0 radical (unpaired) electrons. The van der Waals surface area contributed by atoms with E-state index in [4.69, 9.17) is 0 Å². The van der Waals surface area contributed by atoms with Gasteiger partial charge in [0.05, 0.1) is 11.4 Å². The van der Waals surface area contributed by atoms with Gasteiger partial charge in [-0.05, 0) is 44.2 Å². The summed E-state index contributed by atoms with van der Waals surface area (Å²) in [4.78, 5) is 9.08. The van der Waals surface area contributed by atoms with E-state index >= 15 is 0 Å². The van der Waals surface area contributed by atoms with Crippen LogP contribution in [0.25, 0.3) is 0 Å². The Kier molecular flexibility index (Phi) is 5.13. The Balaban J connectivity index is 2.02. The fraction of sp³-hybridized carbons (Fsp3) is 0.0909. The lowest BCUT2D eigenvalue weighted by Gasteiger charge is -2.10. The number of hydrogen-bond acceptors (Lipinski definition) is 4. The zero-order valence-corrected chi connectivity index (χ0v) is 14.7. The molecule has 0 aliphatic carbocycles. The molecule has 0 fully saturated rings. The molecule has 4 heteroatoms. The summed E-state index contributed by atoms with van der Waals surface area (Å²) in [7, 11) is 0. The number of aromatic hydroxyl groups is 2. The van der Waals surface area contributed by atoms with Crippen LogP contribution in [-0.2, 0) is 0 Å². The quantitative estimate of drug-likeness (QED) is 0.624. The van der Waals surface area contributed by atoms with Crippen LogP contribution in [0.3, 0.4) is 0 Å². The first-order valence-corrected chi connectivity index (χ1v) is 8.32. The van der Waals surface area contributed by atoms with E-state index in [9.17, 15) is 10.2 Å². The maximum atomic E-state index is 10.3. The van der Waals surface area contributed by atoms with Crippen LogP contribution in [0.2, 0.25) is 0 Å². The normalized spacial score (nSPS) is 12.2. The summed E-state index contributed by atoms with van der Waals surface area (Å²) in [6.07, 6.45) is 0. The van der Waals surface area contributed by atoms with Crippen LogP contribution in [0.4, 0.5) is 11.4 Å². The fourth-order valence-corrected chi connectivity index (χ4v) is 2.67. The van der Waals surface area contributed by atoms with Gasteiger partial charge in [-0.25, -0.2) is 0 Å². The largest absolute Gasteiger partial charge is 0.507 e. The molecule has 0 spiro atoms. The van der Waals surface area contributed by atoms with Crippen molar-refractivity contribution in [2.24, 2.45) is 9.98 Å². The van der Waals surface area contributed by atoms with Crippen molar-refractivity contribution in [3.05, 3.63) is 83.9 Å². The van der Waals surface area contributed by atoms with Crippen LogP contribution in [0, 0.1) is 0 Å². The van der Waals surface area contributed by atoms with E-state index < -0.39 is 0 Å². The highest BCUT2D eigenvalue weighted by molar-refractivity contribution is 6.08. The lowest BCUT2D eigenvalue weighted by Crippen LogP contribution is -2.01. The molecule has 0 saturated carbocycles. The van der Waals surface area contributed by atoms with Gasteiger partial charge in [-0.3, -0.25) is 9.98 Å². The van der Waals surface area contributed by atoms with Gasteiger partial charge in [-0.1, -0.05) is 36.4 Å². The van der Waals surface area contributed by atoms with Crippen molar-refractivity contribution in [3.63, 3.8) is 0 Å². The average Bonchev–Trinajstić information content (AvgIpc) is 2.63. The minimum Gasteiger partial charge on any atom is -0.507 e. The Morgan fingerprint density at radius 1 is 0.615 bits per heavy atom. The summed E-state index contributed by atoms with van der Waals surface area (Å²) in [6.45, 7) is 3.65. The van der Waals surface area contributed by atoms with Gasteiger partial charge in [0.2, 0.25) is 0 Å². The van der Waals surface area contributed by atoms with E-state index in [1.165, 1.54) is 6.07 Å². The first-order valence-electron chi connectivity index (χ1n) is 8.32. The number of rotatable bonds is 4. The second-order valence-electron chi connectivity index (χ2n) is 5.95. The first kappa shape index (κ1) is 17.4. The number of phenols is 2. The van der Waals surface area contributed by atoms with E-state index in [1.54, 1.807) is 6.07 Å². The van der Waals surface area contributed by atoms with Crippen molar-refractivity contribution < 1.29 is 10.2 Å². The Bertz CT molecular complexity index is 885. The predicted octanol–water partition coefficient (Wildman–Crippen LogP) is 5.38. The molecule has 3 aromatic carbocycles. The molecule has 0 heterocycles. The third-order valence-electron chi connectivity index (χ3n) is 4.00. The number of hydrogen-bond donors (Lipinski definition) is 2. The topological polar surface area (TPSA) is 65.2 Å². The molecule has 0 unspecified atom stereocenters. The standard InChI is InChI=1S/C22H20N2O2/c1-15(23-17-9-5-3-6-10-17)19-13-20(22(26)14-21(19)25)16(2)24-18-11-7-4-8-12-18/h3-14,25-26H,1-2H3. The van der Waals surface area contributed by atoms with Gasteiger partial charge in [0.1, 0.15) is 11.5 Å². The molecule has 0 aliphatic rings. The third kappa shape index (κ3) is 3.98. The average molecular weight is 344 g/mol. The van der Waals surface area contributed by atoms with Crippen LogP contribution >= 0.6 is 0 Å². The predicted molar refractivity (Wildman–Crippen MR) is 106 cm³/mol. The van der Waals surface area contributed by atoms with Crippen molar-refractivity contribution in [2.45, 2.75) is 13.8 Å². The Morgan fingerprint density at radius 3 is 1.38 bits per heavy atom. The van der Waals surface area contributed by atoms with E-state index in [0.29, 0.717) is 22.6 Å². The van der Waals surface area contributed by atoms with E-state index in [2.05, 4.69) is 9.98 Å². The van der Waals surface area contributed by atoms with Gasteiger partial charge < -0.3 is 10.2 Å². The number of nitrogens with zero attached hydrogens (tertiary/aromatic N) is 2. The SMILES string of the molecule is CC(=Nc1ccccc1)c1cc(C(C)=Nc2ccccc2)c(O)cc1O. The van der Waals surface area contributed by atoms with E-state index in [1.807, 2.05) is 74.5 Å². The maximum absolute atomic E-state index is 10.3. The molecule has 0 saturated heterocycles. The van der Waals surface area contributed by atoms with E-state index in [-0.39, 0.29) is 11.5 Å². The summed E-state index contributed by atoms with van der Waals surface area (Å²) in [5, 5.41) is 20.5.